The smallest absolute Gasteiger partial charge is 0.119 e. The maximum absolute atomic E-state index is 5.30. The minimum atomic E-state index is 0.702. The molecule has 3 rings (SSSR count). The lowest BCUT2D eigenvalue weighted by Gasteiger charge is -2.22. The molecule has 4 heteroatoms. The number of hydrogen-bond donors (Lipinski definition) is 2. The Hall–Kier alpha value is -1.81. The second kappa shape index (κ2) is 6.09. The van der Waals surface area contributed by atoms with Gasteiger partial charge in [-0.25, -0.2) is 0 Å². The van der Waals surface area contributed by atoms with Gasteiger partial charge in [0.15, 0.2) is 0 Å². The maximum Gasteiger partial charge on any atom is 0.119 e. The summed E-state index contributed by atoms with van der Waals surface area (Å²) < 4.78 is 5.30. The van der Waals surface area contributed by atoms with Crippen LogP contribution < -0.4 is 10.1 Å². The van der Waals surface area contributed by atoms with Crippen molar-refractivity contribution in [3.63, 3.8) is 0 Å². The van der Waals surface area contributed by atoms with Gasteiger partial charge in [0, 0.05) is 11.3 Å². The molecule has 1 aromatic carbocycles. The van der Waals surface area contributed by atoms with Gasteiger partial charge in [-0.15, -0.1) is 0 Å². The maximum atomic E-state index is 5.30. The first-order valence-electron chi connectivity index (χ1n) is 7.24. The molecule has 1 aromatic heterocycles. The second-order valence-corrected chi connectivity index (χ2v) is 5.41. The third-order valence-corrected chi connectivity index (χ3v) is 3.99. The molecule has 1 aliphatic heterocycles. The van der Waals surface area contributed by atoms with Crippen LogP contribution in [0.25, 0.3) is 11.1 Å². The molecule has 106 valence electrons. The van der Waals surface area contributed by atoms with Crippen molar-refractivity contribution < 1.29 is 4.74 Å². The second-order valence-electron chi connectivity index (χ2n) is 5.41. The number of hydrogen-bond acceptors (Lipinski definition) is 3. The summed E-state index contributed by atoms with van der Waals surface area (Å²) in [6.45, 7) is 2.26. The largest absolute Gasteiger partial charge is 0.497 e. The summed E-state index contributed by atoms with van der Waals surface area (Å²) in [4.78, 5) is 0. The van der Waals surface area contributed by atoms with Crippen molar-refractivity contribution in [2.45, 2.75) is 19.3 Å². The molecule has 2 aromatic rings. The summed E-state index contributed by atoms with van der Waals surface area (Å²) in [7, 11) is 1.70. The Kier molecular flexibility index (Phi) is 4.02. The highest BCUT2D eigenvalue weighted by molar-refractivity contribution is 5.66. The number of nitrogens with one attached hydrogen (secondary N) is 2. The monoisotopic (exact) mass is 271 g/mol. The van der Waals surface area contributed by atoms with Crippen LogP contribution in [-0.4, -0.2) is 30.4 Å². The third kappa shape index (κ3) is 2.85. The Labute approximate surface area is 119 Å². The molecule has 2 N–H and O–H groups in total. The van der Waals surface area contributed by atoms with E-state index in [9.17, 15) is 0 Å². The molecular formula is C16H21N3O. The summed E-state index contributed by atoms with van der Waals surface area (Å²) >= 11 is 0. The number of nitrogens with zero attached hydrogens (tertiary/aromatic N) is 1. The van der Waals surface area contributed by atoms with E-state index in [1.165, 1.54) is 24.1 Å². The lowest BCUT2D eigenvalue weighted by Crippen LogP contribution is -2.31. The topological polar surface area (TPSA) is 49.9 Å². The first-order chi connectivity index (χ1) is 9.86. The fourth-order valence-electron chi connectivity index (χ4n) is 2.89. The van der Waals surface area contributed by atoms with E-state index in [2.05, 4.69) is 27.6 Å². The number of aromatic nitrogens is 2. The molecule has 1 fully saturated rings. The molecule has 1 aliphatic rings. The van der Waals surface area contributed by atoms with E-state index in [1.54, 1.807) is 7.11 Å². The van der Waals surface area contributed by atoms with Crippen LogP contribution in [0.4, 0.5) is 0 Å². The number of benzene rings is 1. The van der Waals surface area contributed by atoms with Crippen molar-refractivity contribution in [2.24, 2.45) is 5.92 Å². The van der Waals surface area contributed by atoms with Crippen LogP contribution in [0.1, 0.15) is 18.5 Å². The number of methoxy groups -OCH3 is 1. The van der Waals surface area contributed by atoms with Gasteiger partial charge in [-0.2, -0.15) is 5.10 Å². The average Bonchev–Trinajstić information content (AvgIpc) is 2.96. The van der Waals surface area contributed by atoms with Crippen molar-refractivity contribution in [1.29, 1.82) is 0 Å². The van der Waals surface area contributed by atoms with Crippen molar-refractivity contribution in [3.8, 4) is 16.9 Å². The molecule has 0 saturated carbocycles. The Morgan fingerprint density at radius 2 is 2.35 bits per heavy atom. The predicted octanol–water partition coefficient (Wildman–Crippen LogP) is 2.63. The Bertz CT molecular complexity index is 558. The van der Waals surface area contributed by atoms with Crippen LogP contribution in [-0.2, 0) is 6.42 Å². The molecule has 2 heterocycles. The third-order valence-electron chi connectivity index (χ3n) is 3.99. The molecular weight excluding hydrogens is 250 g/mol. The Morgan fingerprint density at radius 3 is 3.15 bits per heavy atom. The quantitative estimate of drug-likeness (QED) is 0.898. The zero-order valence-corrected chi connectivity index (χ0v) is 11.9. The Morgan fingerprint density at radius 1 is 1.40 bits per heavy atom. The molecule has 1 atom stereocenters. The predicted molar refractivity (Wildman–Crippen MR) is 79.9 cm³/mol. The van der Waals surface area contributed by atoms with Gasteiger partial charge in [0.2, 0.25) is 0 Å². The molecule has 0 amide bonds. The minimum Gasteiger partial charge on any atom is -0.497 e. The first-order valence-corrected chi connectivity index (χ1v) is 7.24. The molecule has 0 aliphatic carbocycles. The molecule has 0 bridgehead atoms. The highest BCUT2D eigenvalue weighted by Gasteiger charge is 2.17. The minimum absolute atomic E-state index is 0.702. The molecule has 0 radical (unpaired) electrons. The van der Waals surface area contributed by atoms with E-state index >= 15 is 0 Å². The molecule has 20 heavy (non-hydrogen) atoms. The fourth-order valence-corrected chi connectivity index (χ4v) is 2.89. The zero-order valence-electron chi connectivity index (χ0n) is 11.9. The van der Waals surface area contributed by atoms with Crippen LogP contribution in [0.5, 0.6) is 5.75 Å². The van der Waals surface area contributed by atoms with Crippen LogP contribution in [0.2, 0.25) is 0 Å². The highest BCUT2D eigenvalue weighted by Crippen LogP contribution is 2.28. The van der Waals surface area contributed by atoms with E-state index in [0.717, 1.165) is 30.8 Å². The van der Waals surface area contributed by atoms with Crippen molar-refractivity contribution in [2.75, 3.05) is 20.2 Å². The van der Waals surface area contributed by atoms with E-state index < -0.39 is 0 Å². The summed E-state index contributed by atoms with van der Waals surface area (Å²) in [6, 6.07) is 8.16. The van der Waals surface area contributed by atoms with Gasteiger partial charge in [-0.05, 0) is 56.0 Å². The lowest BCUT2D eigenvalue weighted by molar-refractivity contribution is 0.373. The van der Waals surface area contributed by atoms with Gasteiger partial charge in [0.05, 0.1) is 13.3 Å². The standard InChI is InChI=1S/C16H21N3O/c1-20-14-6-2-5-13(9-14)15-11-18-19-16(15)8-12-4-3-7-17-10-12/h2,5-6,9,11-12,17H,3-4,7-8,10H2,1H3,(H,18,19). The van der Waals surface area contributed by atoms with E-state index in [-0.39, 0.29) is 0 Å². The average molecular weight is 271 g/mol. The van der Waals surface area contributed by atoms with Gasteiger partial charge >= 0.3 is 0 Å². The van der Waals surface area contributed by atoms with Crippen LogP contribution in [0.15, 0.2) is 30.5 Å². The number of aromatic amines is 1. The lowest BCUT2D eigenvalue weighted by atomic mass is 9.92. The summed E-state index contributed by atoms with van der Waals surface area (Å²) in [5, 5.41) is 10.9. The number of ether oxygens (including phenoxy) is 1. The van der Waals surface area contributed by atoms with Crippen molar-refractivity contribution in [1.82, 2.24) is 15.5 Å². The van der Waals surface area contributed by atoms with Crippen LogP contribution >= 0.6 is 0 Å². The van der Waals surface area contributed by atoms with Crippen LogP contribution in [0.3, 0.4) is 0 Å². The van der Waals surface area contributed by atoms with E-state index in [1.807, 2.05) is 18.3 Å². The highest BCUT2D eigenvalue weighted by atomic mass is 16.5. The summed E-state index contributed by atoms with van der Waals surface area (Å²) in [6.07, 6.45) is 5.54. The fraction of sp³-hybridized carbons (Fsp3) is 0.438. The number of piperidine rings is 1. The van der Waals surface area contributed by atoms with Gasteiger partial charge in [-0.3, -0.25) is 5.10 Å². The normalized spacial score (nSPS) is 18.9. The summed E-state index contributed by atoms with van der Waals surface area (Å²) in [5.74, 6) is 1.59. The van der Waals surface area contributed by atoms with Gasteiger partial charge in [0.25, 0.3) is 0 Å². The van der Waals surface area contributed by atoms with E-state index in [4.69, 9.17) is 4.74 Å². The van der Waals surface area contributed by atoms with Gasteiger partial charge in [-0.1, -0.05) is 12.1 Å². The molecule has 0 spiro atoms. The van der Waals surface area contributed by atoms with Crippen molar-refractivity contribution >= 4 is 0 Å². The molecule has 1 unspecified atom stereocenters. The number of rotatable bonds is 4. The van der Waals surface area contributed by atoms with Gasteiger partial charge in [0.1, 0.15) is 5.75 Å². The SMILES string of the molecule is COc1cccc(-c2cn[nH]c2CC2CCCNC2)c1. The molecule has 1 saturated heterocycles. The zero-order chi connectivity index (χ0) is 13.8. The number of H-pyrrole nitrogens is 1. The van der Waals surface area contributed by atoms with Crippen molar-refractivity contribution in [3.05, 3.63) is 36.2 Å². The van der Waals surface area contributed by atoms with Gasteiger partial charge < -0.3 is 10.1 Å². The Balaban J connectivity index is 1.81. The van der Waals surface area contributed by atoms with Crippen LogP contribution in [0, 0.1) is 5.92 Å². The molecule has 4 nitrogen and oxygen atoms in total. The first kappa shape index (κ1) is 13.2. The van der Waals surface area contributed by atoms with E-state index in [0.29, 0.717) is 5.92 Å². The summed E-state index contributed by atoms with van der Waals surface area (Å²) in [5.41, 5.74) is 3.58.